The number of hydrogen-bond donors (Lipinski definition) is 0. The van der Waals surface area contributed by atoms with E-state index in [1.165, 1.54) is 66.3 Å². The first-order valence-corrected chi connectivity index (χ1v) is 13.2. The van der Waals surface area contributed by atoms with Gasteiger partial charge < -0.3 is 0 Å². The molecular formula is C30H34N3+. The monoisotopic (exact) mass is 436 g/mol. The van der Waals surface area contributed by atoms with E-state index < -0.39 is 0 Å². The van der Waals surface area contributed by atoms with Crippen molar-refractivity contribution in [2.24, 2.45) is 0 Å². The van der Waals surface area contributed by atoms with Crippen molar-refractivity contribution >= 4 is 27.5 Å². The summed E-state index contributed by atoms with van der Waals surface area (Å²) in [5.74, 6) is 1.61. The largest absolute Gasteiger partial charge is 0.296 e. The van der Waals surface area contributed by atoms with Gasteiger partial charge in [-0.1, -0.05) is 40.7 Å². The van der Waals surface area contributed by atoms with Gasteiger partial charge in [0.15, 0.2) is 11.0 Å². The molecule has 4 heterocycles. The Kier molecular flexibility index (Phi) is 3.13. The van der Waals surface area contributed by atoms with Gasteiger partial charge in [0.25, 0.3) is 5.65 Å². The fourth-order valence-electron chi connectivity index (χ4n) is 8.76. The van der Waals surface area contributed by atoms with Gasteiger partial charge in [0, 0.05) is 23.3 Å². The quantitative estimate of drug-likeness (QED) is 0.318. The molecule has 0 amide bonds. The minimum Gasteiger partial charge on any atom is -0.256 e. The average Bonchev–Trinajstić information content (AvgIpc) is 3.11. The van der Waals surface area contributed by atoms with Crippen molar-refractivity contribution in [2.75, 3.05) is 0 Å². The van der Waals surface area contributed by atoms with Crippen LogP contribution in [0.1, 0.15) is 107 Å². The van der Waals surface area contributed by atoms with Gasteiger partial charge >= 0.3 is 0 Å². The van der Waals surface area contributed by atoms with E-state index in [1.54, 1.807) is 22.1 Å². The first kappa shape index (κ1) is 18.9. The molecule has 2 saturated carbocycles. The maximum atomic E-state index is 4.95. The van der Waals surface area contributed by atoms with Crippen LogP contribution in [-0.4, -0.2) is 9.38 Å². The van der Waals surface area contributed by atoms with Gasteiger partial charge in [-0.05, 0) is 72.1 Å². The highest BCUT2D eigenvalue weighted by molar-refractivity contribution is 6.02. The summed E-state index contributed by atoms with van der Waals surface area (Å²) >= 11 is 0. The second-order valence-corrected chi connectivity index (χ2v) is 12.6. The molecule has 1 aliphatic heterocycles. The van der Waals surface area contributed by atoms with E-state index in [2.05, 4.69) is 74.2 Å². The molecule has 3 aromatic heterocycles. The Morgan fingerprint density at radius 2 is 1.94 bits per heavy atom. The second kappa shape index (κ2) is 5.45. The molecule has 8 rings (SSSR count). The second-order valence-electron chi connectivity index (χ2n) is 12.6. The number of imidazole rings is 1. The summed E-state index contributed by atoms with van der Waals surface area (Å²) < 4.78 is 5.26. The van der Waals surface area contributed by atoms with Crippen molar-refractivity contribution in [2.45, 2.75) is 101 Å². The van der Waals surface area contributed by atoms with Gasteiger partial charge in [0.2, 0.25) is 0 Å². The Balaban J connectivity index is 1.62. The average molecular weight is 437 g/mol. The molecule has 0 radical (unpaired) electrons. The Bertz CT molecular complexity index is 1550. The molecule has 4 aromatic rings. The summed E-state index contributed by atoms with van der Waals surface area (Å²) in [4.78, 5) is 4.95. The highest BCUT2D eigenvalue weighted by Crippen LogP contribution is 2.71. The van der Waals surface area contributed by atoms with Gasteiger partial charge in [0.05, 0.1) is 23.5 Å². The van der Waals surface area contributed by atoms with Crippen molar-refractivity contribution in [1.82, 2.24) is 9.38 Å². The Morgan fingerprint density at radius 3 is 2.70 bits per heavy atom. The van der Waals surface area contributed by atoms with Crippen molar-refractivity contribution < 1.29 is 4.57 Å². The topological polar surface area (TPSA) is 21.2 Å². The third kappa shape index (κ3) is 1.87. The SMILES string of the molecule is CCC12CC1(CC)[n+]1c3cc(C(C)(C)C)ncc3n3ccc4cc5c(c2c4c31)C1CCC5C1. The number of pyridine rings is 2. The summed E-state index contributed by atoms with van der Waals surface area (Å²) in [5, 5.41) is 3.02. The van der Waals surface area contributed by atoms with Crippen LogP contribution in [0.3, 0.4) is 0 Å². The lowest BCUT2D eigenvalue weighted by Crippen LogP contribution is -2.53. The van der Waals surface area contributed by atoms with Crippen LogP contribution in [0.5, 0.6) is 0 Å². The van der Waals surface area contributed by atoms with Gasteiger partial charge in [-0.25, -0.2) is 4.57 Å². The smallest absolute Gasteiger partial charge is 0.256 e. The van der Waals surface area contributed by atoms with Crippen LogP contribution in [0.2, 0.25) is 0 Å². The van der Waals surface area contributed by atoms with E-state index in [4.69, 9.17) is 4.98 Å². The number of hydrogen-bond acceptors (Lipinski definition) is 1. The molecule has 2 bridgehead atoms. The molecule has 3 aliphatic carbocycles. The summed E-state index contributed by atoms with van der Waals surface area (Å²) in [6.07, 6.45) is 12.4. The van der Waals surface area contributed by atoms with Crippen molar-refractivity contribution in [3.05, 3.63) is 53.0 Å². The van der Waals surface area contributed by atoms with Crippen LogP contribution in [0, 0.1) is 0 Å². The zero-order valence-electron chi connectivity index (χ0n) is 20.6. The predicted molar refractivity (Wildman–Crippen MR) is 133 cm³/mol. The molecule has 4 unspecified atom stereocenters. The minimum atomic E-state index is 0.0440. The highest BCUT2D eigenvalue weighted by Gasteiger charge is 2.75. The summed E-state index contributed by atoms with van der Waals surface area (Å²) in [6, 6.07) is 7.39. The third-order valence-electron chi connectivity index (χ3n) is 10.4. The molecule has 2 fully saturated rings. The first-order chi connectivity index (χ1) is 15.8. The van der Waals surface area contributed by atoms with E-state index in [0.29, 0.717) is 0 Å². The lowest BCUT2D eigenvalue weighted by Gasteiger charge is -2.32. The van der Waals surface area contributed by atoms with Gasteiger partial charge in [-0.3, -0.25) is 4.98 Å². The highest BCUT2D eigenvalue weighted by atomic mass is 15.2. The van der Waals surface area contributed by atoms with E-state index in [9.17, 15) is 0 Å². The third-order valence-corrected chi connectivity index (χ3v) is 10.4. The van der Waals surface area contributed by atoms with Gasteiger partial charge in [-0.15, -0.1) is 0 Å². The Labute approximate surface area is 195 Å². The van der Waals surface area contributed by atoms with Gasteiger partial charge in [-0.2, -0.15) is 4.40 Å². The van der Waals surface area contributed by atoms with E-state index in [0.717, 1.165) is 11.8 Å². The standard InChI is InChI=1S/C30H34N3/c1-6-29-16-30(29,7-2)33-21-14-23(28(3,4)5)31-15-22(21)32-11-10-19-13-20-17-8-9-18(12-17)24(20)26(29)25(19)27(32)33/h10-11,13-15,17-18H,6-9,12,16H2,1-5H3/q+1. The first-order valence-electron chi connectivity index (χ1n) is 13.2. The number of rotatable bonds is 2. The van der Waals surface area contributed by atoms with Crippen LogP contribution in [0.15, 0.2) is 30.6 Å². The molecule has 3 heteroatoms. The molecule has 0 saturated heterocycles. The molecule has 1 aromatic carbocycles. The summed E-state index contributed by atoms with van der Waals surface area (Å²) in [7, 11) is 0. The zero-order chi connectivity index (χ0) is 22.5. The van der Waals surface area contributed by atoms with E-state index in [1.807, 2.05) is 0 Å². The van der Waals surface area contributed by atoms with Crippen LogP contribution in [0.25, 0.3) is 27.5 Å². The van der Waals surface area contributed by atoms with E-state index in [-0.39, 0.29) is 16.4 Å². The van der Waals surface area contributed by atoms with E-state index >= 15 is 0 Å². The zero-order valence-corrected chi connectivity index (χ0v) is 20.6. The number of fused-ring (bicyclic) bond motifs is 12. The number of nitrogens with zero attached hydrogens (tertiary/aromatic N) is 3. The molecule has 168 valence electrons. The maximum Gasteiger partial charge on any atom is 0.296 e. The van der Waals surface area contributed by atoms with Crippen LogP contribution < -0.4 is 4.57 Å². The lowest BCUT2D eigenvalue weighted by molar-refractivity contribution is -0.697. The molecule has 3 nitrogen and oxygen atoms in total. The maximum absolute atomic E-state index is 4.95. The molecule has 0 N–H and O–H groups in total. The van der Waals surface area contributed by atoms with Crippen molar-refractivity contribution in [3.8, 4) is 0 Å². The Morgan fingerprint density at radius 1 is 1.12 bits per heavy atom. The molecular weight excluding hydrogens is 402 g/mol. The van der Waals surface area contributed by atoms with Crippen molar-refractivity contribution in [3.63, 3.8) is 0 Å². The number of aromatic nitrogens is 3. The molecule has 0 spiro atoms. The van der Waals surface area contributed by atoms with Gasteiger partial charge in [0.1, 0.15) is 5.54 Å². The summed E-state index contributed by atoms with van der Waals surface area (Å²) in [5.41, 5.74) is 11.1. The fraction of sp³-hybridized carbons (Fsp3) is 0.533. The predicted octanol–water partition coefficient (Wildman–Crippen LogP) is 6.76. The van der Waals surface area contributed by atoms with Crippen LogP contribution >= 0.6 is 0 Å². The minimum absolute atomic E-state index is 0.0440. The normalized spacial score (nSPS) is 31.2. The lowest BCUT2D eigenvalue weighted by atomic mass is 9.74. The molecule has 4 atom stereocenters. The summed E-state index contributed by atoms with van der Waals surface area (Å²) in [6.45, 7) is 11.7. The molecule has 33 heavy (non-hydrogen) atoms. The van der Waals surface area contributed by atoms with Crippen LogP contribution in [0.4, 0.5) is 0 Å². The Hall–Kier alpha value is -2.42. The number of benzene rings is 1. The fourth-order valence-corrected chi connectivity index (χ4v) is 8.76. The van der Waals surface area contributed by atoms with Crippen LogP contribution in [-0.2, 0) is 16.4 Å². The molecule has 4 aliphatic rings. The van der Waals surface area contributed by atoms with Crippen molar-refractivity contribution in [1.29, 1.82) is 0 Å².